The maximum Gasteiger partial charge on any atom is 0.253 e. The van der Waals surface area contributed by atoms with Crippen LogP contribution in [-0.4, -0.2) is 22.0 Å². The largest absolute Gasteiger partial charge is 0.350 e. The van der Waals surface area contributed by atoms with E-state index >= 15 is 0 Å². The topological polar surface area (TPSA) is 64.0 Å². The van der Waals surface area contributed by atoms with Gasteiger partial charge in [0.2, 0.25) is 0 Å². The van der Waals surface area contributed by atoms with Crippen LogP contribution in [0.3, 0.4) is 0 Å². The fraction of sp³-hybridized carbons (Fsp3) is 0.312. The monoisotopic (exact) mass is 285 g/mol. The summed E-state index contributed by atoms with van der Waals surface area (Å²) in [5.74, 6) is -0.126. The molecule has 0 saturated heterocycles. The number of amides is 1. The molecule has 0 spiro atoms. The molecule has 2 aromatic rings. The Kier molecular flexibility index (Phi) is 4.87. The fourth-order valence-electron chi connectivity index (χ4n) is 2.04. The van der Waals surface area contributed by atoms with Crippen LogP contribution in [0.15, 0.2) is 41.5 Å². The summed E-state index contributed by atoms with van der Waals surface area (Å²) in [6.07, 6.45) is 2.27. The molecule has 0 radical (unpaired) electrons. The molecule has 0 saturated carbocycles. The van der Waals surface area contributed by atoms with Gasteiger partial charge in [0.25, 0.3) is 11.5 Å². The Hall–Kier alpha value is -2.43. The predicted molar refractivity (Wildman–Crippen MR) is 81.4 cm³/mol. The number of aromatic nitrogens is 2. The summed E-state index contributed by atoms with van der Waals surface area (Å²) in [7, 11) is 0. The van der Waals surface area contributed by atoms with Gasteiger partial charge in [-0.05, 0) is 25.0 Å². The van der Waals surface area contributed by atoms with Gasteiger partial charge in [0, 0.05) is 30.4 Å². The smallest absolute Gasteiger partial charge is 0.253 e. The molecule has 0 fully saturated rings. The van der Waals surface area contributed by atoms with Crippen molar-refractivity contribution in [3.05, 3.63) is 63.8 Å². The first kappa shape index (κ1) is 15.0. The number of nitrogens with zero attached hydrogens (tertiary/aromatic N) is 2. The summed E-state index contributed by atoms with van der Waals surface area (Å²) in [4.78, 5) is 28.0. The third-order valence-corrected chi connectivity index (χ3v) is 3.33. The molecule has 110 valence electrons. The molecule has 5 nitrogen and oxygen atoms in total. The quantitative estimate of drug-likeness (QED) is 0.906. The number of nitrogens with one attached hydrogen (secondary N) is 1. The van der Waals surface area contributed by atoms with Gasteiger partial charge < -0.3 is 5.32 Å². The highest BCUT2D eigenvalue weighted by Gasteiger charge is 2.07. The summed E-state index contributed by atoms with van der Waals surface area (Å²) in [6.45, 7) is 4.65. The lowest BCUT2D eigenvalue weighted by atomic mass is 10.1. The van der Waals surface area contributed by atoms with Crippen molar-refractivity contribution in [2.75, 3.05) is 6.54 Å². The van der Waals surface area contributed by atoms with Crippen LogP contribution in [0.5, 0.6) is 0 Å². The third kappa shape index (κ3) is 3.78. The molecule has 1 amide bonds. The molecule has 0 aliphatic rings. The number of hydrogen-bond donors (Lipinski definition) is 1. The van der Waals surface area contributed by atoms with Gasteiger partial charge >= 0.3 is 0 Å². The molecule has 5 heteroatoms. The predicted octanol–water partition coefficient (Wildman–Crippen LogP) is 1.54. The molecule has 2 rings (SSSR count). The van der Waals surface area contributed by atoms with Crippen molar-refractivity contribution in [3.63, 3.8) is 0 Å². The van der Waals surface area contributed by atoms with E-state index in [2.05, 4.69) is 10.3 Å². The van der Waals surface area contributed by atoms with Crippen LogP contribution >= 0.6 is 0 Å². The minimum atomic E-state index is -0.126. The van der Waals surface area contributed by atoms with Gasteiger partial charge in [0.15, 0.2) is 0 Å². The maximum atomic E-state index is 12.0. The summed E-state index contributed by atoms with van der Waals surface area (Å²) >= 11 is 0. The molecule has 0 bridgehead atoms. The Morgan fingerprint density at radius 2 is 2.10 bits per heavy atom. The number of hydrogen-bond acceptors (Lipinski definition) is 3. The number of carbonyl (C=O) groups excluding carboxylic acids is 1. The fourth-order valence-corrected chi connectivity index (χ4v) is 2.04. The summed E-state index contributed by atoms with van der Waals surface area (Å²) in [5.41, 5.74) is 2.28. The maximum absolute atomic E-state index is 12.0. The molecule has 0 aliphatic carbocycles. The highest BCUT2D eigenvalue weighted by atomic mass is 16.1. The van der Waals surface area contributed by atoms with E-state index in [1.807, 2.05) is 32.0 Å². The average molecular weight is 285 g/mol. The van der Waals surface area contributed by atoms with Crippen molar-refractivity contribution in [1.82, 2.24) is 14.9 Å². The van der Waals surface area contributed by atoms with E-state index in [-0.39, 0.29) is 11.5 Å². The Bertz CT molecular complexity index is 692. The van der Waals surface area contributed by atoms with E-state index < -0.39 is 0 Å². The zero-order valence-corrected chi connectivity index (χ0v) is 12.3. The first-order valence-corrected chi connectivity index (χ1v) is 7.01. The van der Waals surface area contributed by atoms with Crippen LogP contribution in [0.2, 0.25) is 0 Å². The SMILES string of the molecule is CCc1cc(=O)n(CCNC(=O)c2ccccc2C)cn1. The van der Waals surface area contributed by atoms with Crippen LogP contribution < -0.4 is 10.9 Å². The molecule has 0 aliphatic heterocycles. The zero-order chi connectivity index (χ0) is 15.2. The van der Waals surface area contributed by atoms with Crippen molar-refractivity contribution < 1.29 is 4.79 Å². The van der Waals surface area contributed by atoms with Gasteiger partial charge in [-0.15, -0.1) is 0 Å². The molecule has 0 unspecified atom stereocenters. The van der Waals surface area contributed by atoms with Crippen LogP contribution in [0, 0.1) is 6.92 Å². The zero-order valence-electron chi connectivity index (χ0n) is 12.3. The molecule has 1 heterocycles. The second kappa shape index (κ2) is 6.83. The molecule has 1 aromatic heterocycles. The minimum absolute atomic E-state index is 0.0907. The van der Waals surface area contributed by atoms with E-state index in [1.54, 1.807) is 6.07 Å². The Morgan fingerprint density at radius 1 is 1.33 bits per heavy atom. The Morgan fingerprint density at radius 3 is 2.76 bits per heavy atom. The van der Waals surface area contributed by atoms with Crippen molar-refractivity contribution in [2.24, 2.45) is 0 Å². The second-order valence-corrected chi connectivity index (χ2v) is 4.84. The van der Waals surface area contributed by atoms with Gasteiger partial charge in [0.1, 0.15) is 0 Å². The Labute approximate surface area is 123 Å². The molecular formula is C16H19N3O2. The number of benzene rings is 1. The lowest BCUT2D eigenvalue weighted by molar-refractivity contribution is 0.0951. The second-order valence-electron chi connectivity index (χ2n) is 4.84. The number of aryl methyl sites for hydroxylation is 2. The van der Waals surface area contributed by atoms with Crippen LogP contribution in [0.25, 0.3) is 0 Å². The van der Waals surface area contributed by atoms with E-state index in [4.69, 9.17) is 0 Å². The van der Waals surface area contributed by atoms with Crippen molar-refractivity contribution in [3.8, 4) is 0 Å². The molecule has 1 aromatic carbocycles. The van der Waals surface area contributed by atoms with E-state index in [9.17, 15) is 9.59 Å². The average Bonchev–Trinajstić information content (AvgIpc) is 2.49. The van der Waals surface area contributed by atoms with Crippen LogP contribution in [-0.2, 0) is 13.0 Å². The summed E-state index contributed by atoms with van der Waals surface area (Å²) in [5, 5.41) is 2.82. The first-order chi connectivity index (χ1) is 10.1. The van der Waals surface area contributed by atoms with Gasteiger partial charge in [-0.1, -0.05) is 25.1 Å². The molecule has 21 heavy (non-hydrogen) atoms. The van der Waals surface area contributed by atoms with Gasteiger partial charge in [0.05, 0.1) is 6.33 Å². The first-order valence-electron chi connectivity index (χ1n) is 7.01. The van der Waals surface area contributed by atoms with E-state index in [1.165, 1.54) is 17.0 Å². The van der Waals surface area contributed by atoms with E-state index in [0.717, 1.165) is 17.7 Å². The summed E-state index contributed by atoms with van der Waals surface area (Å²) < 4.78 is 1.50. The van der Waals surface area contributed by atoms with Crippen molar-refractivity contribution >= 4 is 5.91 Å². The molecule has 0 atom stereocenters. The summed E-state index contributed by atoms with van der Waals surface area (Å²) in [6, 6.07) is 8.94. The van der Waals surface area contributed by atoms with Crippen molar-refractivity contribution in [1.29, 1.82) is 0 Å². The molecular weight excluding hydrogens is 266 g/mol. The number of carbonyl (C=O) groups is 1. The minimum Gasteiger partial charge on any atom is -0.350 e. The Balaban J connectivity index is 1.94. The van der Waals surface area contributed by atoms with Crippen molar-refractivity contribution in [2.45, 2.75) is 26.8 Å². The lowest BCUT2D eigenvalue weighted by Gasteiger charge is -2.09. The van der Waals surface area contributed by atoms with Gasteiger partial charge in [-0.25, -0.2) is 4.98 Å². The highest BCUT2D eigenvalue weighted by molar-refractivity contribution is 5.95. The molecule has 1 N–H and O–H groups in total. The van der Waals surface area contributed by atoms with Crippen LogP contribution in [0.4, 0.5) is 0 Å². The number of rotatable bonds is 5. The third-order valence-electron chi connectivity index (χ3n) is 3.33. The lowest BCUT2D eigenvalue weighted by Crippen LogP contribution is -2.31. The van der Waals surface area contributed by atoms with Gasteiger partial charge in [-0.3, -0.25) is 14.2 Å². The normalized spacial score (nSPS) is 10.4. The van der Waals surface area contributed by atoms with Crippen LogP contribution in [0.1, 0.15) is 28.5 Å². The van der Waals surface area contributed by atoms with E-state index in [0.29, 0.717) is 18.7 Å². The highest BCUT2D eigenvalue weighted by Crippen LogP contribution is 2.06. The standard InChI is InChI=1S/C16H19N3O2/c1-3-13-10-15(20)19(11-18-13)9-8-17-16(21)14-7-5-4-6-12(14)2/h4-7,10-11H,3,8-9H2,1-2H3,(H,17,21). The van der Waals surface area contributed by atoms with Gasteiger partial charge in [-0.2, -0.15) is 0 Å².